The maximum atomic E-state index is 13.0. The first-order chi connectivity index (χ1) is 12.4. The molecule has 1 heterocycles. The summed E-state index contributed by atoms with van der Waals surface area (Å²) in [5.41, 5.74) is 16.0. The number of nitrogens with two attached hydrogens (primary N) is 2. The van der Waals surface area contributed by atoms with Gasteiger partial charge >= 0.3 is 0 Å². The second kappa shape index (κ2) is 7.22. The molecule has 4 N–H and O–H groups in total. The largest absolute Gasteiger partial charge is 0.399 e. The van der Waals surface area contributed by atoms with Crippen molar-refractivity contribution in [2.24, 2.45) is 0 Å². The number of fused-ring (bicyclic) bond motifs is 1. The molecule has 0 atom stereocenters. The average Bonchev–Trinajstić information content (AvgIpc) is 2.58. The van der Waals surface area contributed by atoms with Crippen LogP contribution in [-0.4, -0.2) is 30.1 Å². The molecular weight excluding hydrogens is 324 g/mol. The van der Waals surface area contributed by atoms with Crippen LogP contribution in [0.15, 0.2) is 47.3 Å². The van der Waals surface area contributed by atoms with Gasteiger partial charge < -0.3 is 16.4 Å². The molecule has 0 aliphatic carbocycles. The summed E-state index contributed by atoms with van der Waals surface area (Å²) in [6.07, 6.45) is 0.845. The Hall–Kier alpha value is -2.79. The van der Waals surface area contributed by atoms with E-state index >= 15 is 0 Å². The molecule has 0 spiro atoms. The van der Waals surface area contributed by atoms with E-state index in [2.05, 4.69) is 11.0 Å². The van der Waals surface area contributed by atoms with E-state index in [0.29, 0.717) is 23.4 Å². The Balaban J connectivity index is 2.26. The van der Waals surface area contributed by atoms with E-state index in [1.807, 2.05) is 51.4 Å². The van der Waals surface area contributed by atoms with Crippen molar-refractivity contribution in [2.75, 3.05) is 32.1 Å². The lowest BCUT2D eigenvalue weighted by Gasteiger charge is -2.18. The Morgan fingerprint density at radius 1 is 1.04 bits per heavy atom. The summed E-state index contributed by atoms with van der Waals surface area (Å²) in [5.74, 6) is 0.511. The van der Waals surface area contributed by atoms with Gasteiger partial charge in [-0.15, -0.1) is 0 Å². The van der Waals surface area contributed by atoms with Crippen LogP contribution in [0.2, 0.25) is 0 Å². The molecule has 0 radical (unpaired) electrons. The van der Waals surface area contributed by atoms with Gasteiger partial charge in [0, 0.05) is 23.2 Å². The highest BCUT2D eigenvalue weighted by atomic mass is 16.1. The summed E-state index contributed by atoms with van der Waals surface area (Å²) in [6.45, 7) is 3.51. The van der Waals surface area contributed by atoms with Gasteiger partial charge in [0.1, 0.15) is 5.82 Å². The van der Waals surface area contributed by atoms with Crippen LogP contribution in [0.5, 0.6) is 0 Å². The van der Waals surface area contributed by atoms with Crippen LogP contribution in [0, 0.1) is 6.92 Å². The first-order valence-electron chi connectivity index (χ1n) is 8.81. The molecular formula is C21H26N4O. The standard InChI is InChI=1S/C21H26N4O/c1-14-6-4-7-15(12-14)19-17-9-8-16(22)13-18(17)21(26)25(20(19)23)11-5-10-24(2)3/h4,6-9,12-13H,5,10-11,22-23H2,1-3H3. The maximum absolute atomic E-state index is 13.0. The minimum atomic E-state index is -0.0834. The number of nitrogen functional groups attached to an aromatic ring is 2. The molecule has 2 aromatic carbocycles. The van der Waals surface area contributed by atoms with Crippen molar-refractivity contribution in [2.45, 2.75) is 19.9 Å². The van der Waals surface area contributed by atoms with E-state index in [0.717, 1.165) is 35.0 Å². The highest BCUT2D eigenvalue weighted by Crippen LogP contribution is 2.33. The van der Waals surface area contributed by atoms with E-state index in [1.165, 1.54) is 0 Å². The van der Waals surface area contributed by atoms with Crippen molar-refractivity contribution in [1.29, 1.82) is 0 Å². The van der Waals surface area contributed by atoms with Crippen molar-refractivity contribution in [3.8, 4) is 11.1 Å². The van der Waals surface area contributed by atoms with E-state index in [1.54, 1.807) is 10.6 Å². The summed E-state index contributed by atoms with van der Waals surface area (Å²) < 4.78 is 1.68. The summed E-state index contributed by atoms with van der Waals surface area (Å²) in [5, 5.41) is 1.46. The van der Waals surface area contributed by atoms with Gasteiger partial charge in [-0.2, -0.15) is 0 Å². The molecule has 0 saturated carbocycles. The molecule has 0 bridgehead atoms. The fourth-order valence-corrected chi connectivity index (χ4v) is 3.36. The summed E-state index contributed by atoms with van der Waals surface area (Å²) in [4.78, 5) is 15.1. The molecule has 26 heavy (non-hydrogen) atoms. The minimum Gasteiger partial charge on any atom is -0.399 e. The Morgan fingerprint density at radius 2 is 1.81 bits per heavy atom. The van der Waals surface area contributed by atoms with Crippen molar-refractivity contribution in [3.63, 3.8) is 0 Å². The number of rotatable bonds is 5. The highest BCUT2D eigenvalue weighted by molar-refractivity contribution is 6.01. The summed E-state index contributed by atoms with van der Waals surface area (Å²) >= 11 is 0. The van der Waals surface area contributed by atoms with E-state index in [-0.39, 0.29) is 5.56 Å². The molecule has 0 unspecified atom stereocenters. The Labute approximate surface area is 153 Å². The normalized spacial score (nSPS) is 11.4. The number of anilines is 2. The zero-order valence-corrected chi connectivity index (χ0v) is 15.6. The van der Waals surface area contributed by atoms with Gasteiger partial charge in [0.15, 0.2) is 0 Å². The third kappa shape index (κ3) is 3.44. The Kier molecular flexibility index (Phi) is 5.00. The number of nitrogens with zero attached hydrogens (tertiary/aromatic N) is 2. The zero-order valence-electron chi connectivity index (χ0n) is 15.6. The summed E-state index contributed by atoms with van der Waals surface area (Å²) in [7, 11) is 4.04. The number of aryl methyl sites for hydroxylation is 1. The minimum absolute atomic E-state index is 0.0834. The van der Waals surface area contributed by atoms with Gasteiger partial charge in [0.25, 0.3) is 5.56 Å². The summed E-state index contributed by atoms with van der Waals surface area (Å²) in [6, 6.07) is 13.6. The third-order valence-corrected chi connectivity index (χ3v) is 4.63. The van der Waals surface area contributed by atoms with Crippen molar-refractivity contribution in [1.82, 2.24) is 9.47 Å². The van der Waals surface area contributed by atoms with Gasteiger partial charge in [-0.1, -0.05) is 35.9 Å². The molecule has 3 rings (SSSR count). The molecule has 136 valence electrons. The first-order valence-corrected chi connectivity index (χ1v) is 8.81. The smallest absolute Gasteiger partial charge is 0.260 e. The molecule has 0 saturated heterocycles. The van der Waals surface area contributed by atoms with Crippen LogP contribution in [0.1, 0.15) is 12.0 Å². The molecule has 0 amide bonds. The van der Waals surface area contributed by atoms with Gasteiger partial charge in [0.05, 0.1) is 0 Å². The van der Waals surface area contributed by atoms with Gasteiger partial charge in [-0.05, 0) is 57.1 Å². The fraction of sp³-hybridized carbons (Fsp3) is 0.286. The third-order valence-electron chi connectivity index (χ3n) is 4.63. The van der Waals surface area contributed by atoms with Crippen LogP contribution < -0.4 is 17.0 Å². The van der Waals surface area contributed by atoms with Crippen LogP contribution in [0.3, 0.4) is 0 Å². The topological polar surface area (TPSA) is 77.3 Å². The molecule has 0 aliphatic heterocycles. The number of pyridine rings is 1. The van der Waals surface area contributed by atoms with Crippen LogP contribution in [0.25, 0.3) is 21.9 Å². The van der Waals surface area contributed by atoms with E-state index in [9.17, 15) is 4.79 Å². The SMILES string of the molecule is Cc1cccc(-c2c(N)n(CCCN(C)C)c(=O)c3cc(N)ccc23)c1. The highest BCUT2D eigenvalue weighted by Gasteiger charge is 2.16. The predicted molar refractivity (Wildman–Crippen MR) is 110 cm³/mol. The molecule has 0 aliphatic rings. The lowest BCUT2D eigenvalue weighted by molar-refractivity contribution is 0.386. The number of benzene rings is 2. The second-order valence-corrected chi connectivity index (χ2v) is 7.05. The van der Waals surface area contributed by atoms with E-state index in [4.69, 9.17) is 11.5 Å². The fourth-order valence-electron chi connectivity index (χ4n) is 3.36. The van der Waals surface area contributed by atoms with Crippen LogP contribution >= 0.6 is 0 Å². The Morgan fingerprint density at radius 3 is 2.50 bits per heavy atom. The molecule has 0 fully saturated rings. The van der Waals surface area contributed by atoms with Gasteiger partial charge in [0.2, 0.25) is 0 Å². The molecule has 5 nitrogen and oxygen atoms in total. The lowest BCUT2D eigenvalue weighted by atomic mass is 9.97. The van der Waals surface area contributed by atoms with Gasteiger partial charge in [-0.3, -0.25) is 9.36 Å². The lowest BCUT2D eigenvalue weighted by Crippen LogP contribution is -2.26. The monoisotopic (exact) mass is 350 g/mol. The Bertz CT molecular complexity index is 1000. The van der Waals surface area contributed by atoms with Gasteiger partial charge in [-0.25, -0.2) is 0 Å². The maximum Gasteiger partial charge on any atom is 0.260 e. The number of hydrogen-bond acceptors (Lipinski definition) is 4. The van der Waals surface area contributed by atoms with Crippen molar-refractivity contribution in [3.05, 3.63) is 58.4 Å². The quantitative estimate of drug-likeness (QED) is 0.693. The average molecular weight is 350 g/mol. The second-order valence-electron chi connectivity index (χ2n) is 7.05. The first kappa shape index (κ1) is 18.0. The molecule has 5 heteroatoms. The van der Waals surface area contributed by atoms with Crippen LogP contribution in [0.4, 0.5) is 11.5 Å². The van der Waals surface area contributed by atoms with Crippen molar-refractivity contribution >= 4 is 22.3 Å². The predicted octanol–water partition coefficient (Wildman–Crippen LogP) is 3.09. The number of aromatic nitrogens is 1. The zero-order chi connectivity index (χ0) is 18.8. The molecule has 1 aromatic heterocycles. The molecule has 3 aromatic rings. The van der Waals surface area contributed by atoms with Crippen LogP contribution in [-0.2, 0) is 6.54 Å². The van der Waals surface area contributed by atoms with Crippen molar-refractivity contribution < 1.29 is 0 Å². The van der Waals surface area contributed by atoms with E-state index < -0.39 is 0 Å². The number of hydrogen-bond donors (Lipinski definition) is 2.